The van der Waals surface area contributed by atoms with Crippen molar-refractivity contribution in [3.63, 3.8) is 0 Å². The van der Waals surface area contributed by atoms with Gasteiger partial charge in [0.25, 0.3) is 0 Å². The SMILES string of the molecule is Cc1cccc(OCC2CC(=O)N(C)C2)n1. The molecule has 4 heteroatoms. The minimum absolute atomic E-state index is 0.200. The zero-order chi connectivity index (χ0) is 11.5. The van der Waals surface area contributed by atoms with E-state index in [1.807, 2.05) is 32.2 Å². The van der Waals surface area contributed by atoms with Gasteiger partial charge in [0.1, 0.15) is 0 Å². The minimum atomic E-state index is 0.200. The number of likely N-dealkylation sites (tertiary alicyclic amines) is 1. The first kappa shape index (κ1) is 10.9. The Morgan fingerprint density at radius 3 is 3.00 bits per heavy atom. The Hall–Kier alpha value is -1.58. The van der Waals surface area contributed by atoms with Gasteiger partial charge in [-0.15, -0.1) is 0 Å². The second-order valence-electron chi connectivity index (χ2n) is 4.27. The van der Waals surface area contributed by atoms with Crippen LogP contribution < -0.4 is 4.74 Å². The lowest BCUT2D eigenvalue weighted by molar-refractivity contribution is -0.126. The van der Waals surface area contributed by atoms with Crippen molar-refractivity contribution in [2.24, 2.45) is 5.92 Å². The lowest BCUT2D eigenvalue weighted by Gasteiger charge is -2.11. The van der Waals surface area contributed by atoms with Crippen molar-refractivity contribution in [1.29, 1.82) is 0 Å². The molecule has 1 aliphatic heterocycles. The summed E-state index contributed by atoms with van der Waals surface area (Å²) in [7, 11) is 1.83. The lowest BCUT2D eigenvalue weighted by Crippen LogP contribution is -2.20. The number of aromatic nitrogens is 1. The Balaban J connectivity index is 1.86. The third-order valence-corrected chi connectivity index (χ3v) is 2.75. The Bertz CT molecular complexity index is 392. The number of rotatable bonds is 3. The Morgan fingerprint density at radius 2 is 2.38 bits per heavy atom. The maximum Gasteiger partial charge on any atom is 0.222 e. The zero-order valence-electron chi connectivity index (χ0n) is 9.64. The summed E-state index contributed by atoms with van der Waals surface area (Å²) in [6.07, 6.45) is 0.586. The molecule has 1 aromatic rings. The van der Waals surface area contributed by atoms with Crippen LogP contribution in [0.4, 0.5) is 0 Å². The topological polar surface area (TPSA) is 42.4 Å². The predicted molar refractivity (Wildman–Crippen MR) is 60.2 cm³/mol. The number of pyridine rings is 1. The van der Waals surface area contributed by atoms with Gasteiger partial charge in [-0.25, -0.2) is 4.98 Å². The summed E-state index contributed by atoms with van der Waals surface area (Å²) in [6, 6.07) is 5.69. The van der Waals surface area contributed by atoms with E-state index in [0.717, 1.165) is 12.2 Å². The lowest BCUT2D eigenvalue weighted by atomic mass is 10.1. The van der Waals surface area contributed by atoms with Crippen LogP contribution in [0.3, 0.4) is 0 Å². The van der Waals surface area contributed by atoms with Gasteiger partial charge in [-0.3, -0.25) is 4.79 Å². The molecule has 1 saturated heterocycles. The van der Waals surface area contributed by atoms with Gasteiger partial charge < -0.3 is 9.64 Å². The van der Waals surface area contributed by atoms with E-state index < -0.39 is 0 Å². The number of aryl methyl sites for hydroxylation is 1. The molecule has 1 fully saturated rings. The van der Waals surface area contributed by atoms with Crippen LogP contribution in [0, 0.1) is 12.8 Å². The maximum absolute atomic E-state index is 11.3. The first-order chi connectivity index (χ1) is 7.65. The number of hydrogen-bond donors (Lipinski definition) is 0. The largest absolute Gasteiger partial charge is 0.477 e. The van der Waals surface area contributed by atoms with Crippen LogP contribution in [0.15, 0.2) is 18.2 Å². The van der Waals surface area contributed by atoms with Gasteiger partial charge in [0, 0.05) is 37.7 Å². The summed E-state index contributed by atoms with van der Waals surface area (Å²) < 4.78 is 5.58. The van der Waals surface area contributed by atoms with Crippen molar-refractivity contribution in [1.82, 2.24) is 9.88 Å². The number of carbonyl (C=O) groups excluding carboxylic acids is 1. The second kappa shape index (κ2) is 4.51. The van der Waals surface area contributed by atoms with Crippen molar-refractivity contribution in [3.8, 4) is 5.88 Å². The fourth-order valence-corrected chi connectivity index (χ4v) is 1.87. The molecule has 0 aromatic carbocycles. The third-order valence-electron chi connectivity index (χ3n) is 2.75. The van der Waals surface area contributed by atoms with Crippen LogP contribution in [-0.2, 0) is 4.79 Å². The summed E-state index contributed by atoms with van der Waals surface area (Å²) in [5.74, 6) is 1.13. The second-order valence-corrected chi connectivity index (χ2v) is 4.27. The molecule has 0 spiro atoms. The third kappa shape index (κ3) is 2.51. The molecule has 4 nitrogen and oxygen atoms in total. The molecule has 1 aromatic heterocycles. The smallest absolute Gasteiger partial charge is 0.222 e. The fraction of sp³-hybridized carbons (Fsp3) is 0.500. The highest BCUT2D eigenvalue weighted by atomic mass is 16.5. The van der Waals surface area contributed by atoms with E-state index in [9.17, 15) is 4.79 Å². The molecule has 1 unspecified atom stereocenters. The van der Waals surface area contributed by atoms with Crippen LogP contribution in [0.2, 0.25) is 0 Å². The molecule has 0 aliphatic carbocycles. The van der Waals surface area contributed by atoms with Crippen LogP contribution >= 0.6 is 0 Å². The molecular weight excluding hydrogens is 204 g/mol. The van der Waals surface area contributed by atoms with Gasteiger partial charge in [-0.1, -0.05) is 6.07 Å². The summed E-state index contributed by atoms with van der Waals surface area (Å²) >= 11 is 0. The highest BCUT2D eigenvalue weighted by molar-refractivity contribution is 5.78. The normalized spacial score (nSPS) is 20.2. The van der Waals surface area contributed by atoms with Crippen LogP contribution in [0.25, 0.3) is 0 Å². The number of carbonyl (C=O) groups is 1. The molecular formula is C12H16N2O2. The summed E-state index contributed by atoms with van der Waals surface area (Å²) in [4.78, 5) is 17.3. The van der Waals surface area contributed by atoms with Crippen molar-refractivity contribution < 1.29 is 9.53 Å². The molecule has 2 rings (SSSR count). The van der Waals surface area contributed by atoms with Crippen LogP contribution in [-0.4, -0.2) is 36.0 Å². The van der Waals surface area contributed by atoms with E-state index in [1.54, 1.807) is 4.90 Å². The molecule has 0 bridgehead atoms. The zero-order valence-corrected chi connectivity index (χ0v) is 9.64. The van der Waals surface area contributed by atoms with Gasteiger partial charge in [-0.2, -0.15) is 0 Å². The molecule has 2 heterocycles. The van der Waals surface area contributed by atoms with E-state index in [4.69, 9.17) is 4.74 Å². The molecule has 1 atom stereocenters. The van der Waals surface area contributed by atoms with E-state index in [0.29, 0.717) is 24.8 Å². The van der Waals surface area contributed by atoms with Crippen molar-refractivity contribution in [2.75, 3.05) is 20.2 Å². The summed E-state index contributed by atoms with van der Waals surface area (Å²) in [5, 5.41) is 0. The maximum atomic E-state index is 11.3. The van der Waals surface area contributed by atoms with E-state index >= 15 is 0 Å². The quantitative estimate of drug-likeness (QED) is 0.769. The number of nitrogens with zero attached hydrogens (tertiary/aromatic N) is 2. The number of ether oxygens (including phenoxy) is 1. The highest BCUT2D eigenvalue weighted by Gasteiger charge is 2.27. The molecule has 1 amide bonds. The first-order valence-corrected chi connectivity index (χ1v) is 5.45. The molecule has 0 saturated carbocycles. The summed E-state index contributed by atoms with van der Waals surface area (Å²) in [6.45, 7) is 3.27. The van der Waals surface area contributed by atoms with Gasteiger partial charge in [-0.05, 0) is 13.0 Å². The van der Waals surface area contributed by atoms with E-state index in [-0.39, 0.29) is 5.91 Å². The Kier molecular flexibility index (Phi) is 3.08. The molecule has 1 aliphatic rings. The van der Waals surface area contributed by atoms with Crippen molar-refractivity contribution >= 4 is 5.91 Å². The molecule has 0 N–H and O–H groups in total. The van der Waals surface area contributed by atoms with Crippen molar-refractivity contribution in [3.05, 3.63) is 23.9 Å². The van der Waals surface area contributed by atoms with Crippen LogP contribution in [0.5, 0.6) is 5.88 Å². The first-order valence-electron chi connectivity index (χ1n) is 5.45. The monoisotopic (exact) mass is 220 g/mol. The predicted octanol–water partition coefficient (Wildman–Crippen LogP) is 1.25. The van der Waals surface area contributed by atoms with Gasteiger partial charge >= 0.3 is 0 Å². The Labute approximate surface area is 95.2 Å². The number of amides is 1. The number of hydrogen-bond acceptors (Lipinski definition) is 3. The molecule has 86 valence electrons. The highest BCUT2D eigenvalue weighted by Crippen LogP contribution is 2.17. The summed E-state index contributed by atoms with van der Waals surface area (Å²) in [5.41, 5.74) is 0.942. The molecule has 16 heavy (non-hydrogen) atoms. The standard InChI is InChI=1S/C12H16N2O2/c1-9-4-3-5-11(13-9)16-8-10-6-12(15)14(2)7-10/h3-5,10H,6-8H2,1-2H3. The Morgan fingerprint density at radius 1 is 1.56 bits per heavy atom. The fourth-order valence-electron chi connectivity index (χ4n) is 1.87. The van der Waals surface area contributed by atoms with Gasteiger partial charge in [0.2, 0.25) is 11.8 Å². The molecule has 0 radical (unpaired) electrons. The van der Waals surface area contributed by atoms with Crippen molar-refractivity contribution in [2.45, 2.75) is 13.3 Å². The van der Waals surface area contributed by atoms with Crippen LogP contribution in [0.1, 0.15) is 12.1 Å². The minimum Gasteiger partial charge on any atom is -0.477 e. The average Bonchev–Trinajstić information content (AvgIpc) is 2.56. The van der Waals surface area contributed by atoms with Gasteiger partial charge in [0.15, 0.2) is 0 Å². The van der Waals surface area contributed by atoms with E-state index in [1.165, 1.54) is 0 Å². The van der Waals surface area contributed by atoms with E-state index in [2.05, 4.69) is 4.98 Å². The average molecular weight is 220 g/mol. The van der Waals surface area contributed by atoms with Gasteiger partial charge in [0.05, 0.1) is 6.61 Å².